The molecule has 3 heterocycles. The minimum Gasteiger partial charge on any atom is -0.361 e. The van der Waals surface area contributed by atoms with E-state index in [1.54, 1.807) is 36.9 Å². The molecule has 7 N–H and O–H groups in total. The summed E-state index contributed by atoms with van der Waals surface area (Å²) in [6.45, 7) is 4.58. The molecule has 1 aromatic heterocycles. The highest BCUT2D eigenvalue weighted by Crippen LogP contribution is 2.36. The van der Waals surface area contributed by atoms with E-state index in [4.69, 9.17) is 10.9 Å². The van der Waals surface area contributed by atoms with E-state index in [2.05, 4.69) is 15.6 Å². The smallest absolute Gasteiger partial charge is 0.254 e. The maximum Gasteiger partial charge on any atom is 0.254 e. The van der Waals surface area contributed by atoms with Crippen molar-refractivity contribution in [3.05, 3.63) is 100 Å². The number of benzene rings is 3. The van der Waals surface area contributed by atoms with Crippen molar-refractivity contribution in [3.63, 3.8) is 0 Å². The van der Waals surface area contributed by atoms with Crippen molar-refractivity contribution < 1.29 is 22.8 Å². The van der Waals surface area contributed by atoms with Crippen LogP contribution in [-0.4, -0.2) is 61.1 Å². The fraction of sp³-hybridized carbons (Fsp3) is 0.324. The standard InChI is InChI=1S/C34H38N6O5S/c1-34(2,35)33(43)39-31(28(19-41)27-17-38-29-6-4-3-5-26(27)29)30-25-10-8-22(15-21(25)11-13-37-30)32(42)40-14-12-20-7-9-24(46(36,44)45)16-23(20)18-40/h3-10,15-17,19,28,30-31,37-38H,11-14,18,35H2,1-2H3,(H,39,43)(H2,36,44,45). The van der Waals surface area contributed by atoms with E-state index in [9.17, 15) is 22.8 Å². The van der Waals surface area contributed by atoms with Crippen LogP contribution in [0.4, 0.5) is 0 Å². The first-order valence-electron chi connectivity index (χ1n) is 15.3. The number of aldehydes is 1. The molecule has 0 aliphatic carbocycles. The molecule has 0 saturated heterocycles. The zero-order valence-corrected chi connectivity index (χ0v) is 26.6. The van der Waals surface area contributed by atoms with Crippen LogP contribution < -0.4 is 21.5 Å². The third-order valence-electron chi connectivity index (χ3n) is 9.05. The summed E-state index contributed by atoms with van der Waals surface area (Å²) in [5.41, 5.74) is 10.7. The van der Waals surface area contributed by atoms with Crippen LogP contribution in [0.15, 0.2) is 71.8 Å². The molecule has 4 aromatic rings. The lowest BCUT2D eigenvalue weighted by atomic mass is 9.80. The first-order chi connectivity index (χ1) is 21.8. The molecule has 0 radical (unpaired) electrons. The maximum absolute atomic E-state index is 13.7. The molecule has 2 aliphatic heterocycles. The number of hydrogen-bond donors (Lipinski definition) is 5. The number of H-pyrrole nitrogens is 1. The fourth-order valence-electron chi connectivity index (χ4n) is 6.56. The Kier molecular flexibility index (Phi) is 8.32. The number of sulfonamides is 1. The zero-order chi connectivity index (χ0) is 32.8. The quantitative estimate of drug-likeness (QED) is 0.183. The number of amides is 2. The molecule has 3 unspecified atom stereocenters. The van der Waals surface area contributed by atoms with Crippen molar-refractivity contribution in [1.82, 2.24) is 20.5 Å². The van der Waals surface area contributed by atoms with Crippen molar-refractivity contribution in [2.45, 2.75) is 61.7 Å². The predicted octanol–water partition coefficient (Wildman–Crippen LogP) is 2.41. The number of nitrogens with zero attached hydrogens (tertiary/aromatic N) is 1. The summed E-state index contributed by atoms with van der Waals surface area (Å²) >= 11 is 0. The van der Waals surface area contributed by atoms with E-state index >= 15 is 0 Å². The fourth-order valence-corrected chi connectivity index (χ4v) is 7.12. The van der Waals surface area contributed by atoms with Gasteiger partial charge in [0, 0.05) is 35.8 Å². The third-order valence-corrected chi connectivity index (χ3v) is 9.96. The summed E-state index contributed by atoms with van der Waals surface area (Å²) in [4.78, 5) is 44.8. The van der Waals surface area contributed by atoms with Crippen LogP contribution in [0.1, 0.15) is 64.0 Å². The van der Waals surface area contributed by atoms with Gasteiger partial charge < -0.3 is 31.0 Å². The van der Waals surface area contributed by atoms with Gasteiger partial charge in [-0.15, -0.1) is 0 Å². The number of hydrogen-bond acceptors (Lipinski definition) is 7. The average molecular weight is 643 g/mol. The number of para-hydroxylation sites is 1. The van der Waals surface area contributed by atoms with E-state index in [-0.39, 0.29) is 23.3 Å². The molecule has 2 aliphatic rings. The number of fused-ring (bicyclic) bond motifs is 3. The van der Waals surface area contributed by atoms with E-state index in [1.807, 2.05) is 42.6 Å². The second kappa shape index (κ2) is 12.1. The molecule has 12 heteroatoms. The highest BCUT2D eigenvalue weighted by atomic mass is 32.2. The Balaban J connectivity index is 1.32. The van der Waals surface area contributed by atoms with Gasteiger partial charge in [-0.3, -0.25) is 9.59 Å². The highest BCUT2D eigenvalue weighted by molar-refractivity contribution is 7.89. The minimum absolute atomic E-state index is 0.0220. The van der Waals surface area contributed by atoms with Crippen molar-refractivity contribution in [3.8, 4) is 0 Å². The Bertz CT molecular complexity index is 1950. The van der Waals surface area contributed by atoms with Crippen LogP contribution in [0, 0.1) is 0 Å². The van der Waals surface area contributed by atoms with Gasteiger partial charge >= 0.3 is 0 Å². The average Bonchev–Trinajstić information content (AvgIpc) is 3.46. The monoisotopic (exact) mass is 642 g/mol. The van der Waals surface area contributed by atoms with Crippen LogP contribution in [0.3, 0.4) is 0 Å². The molecule has 240 valence electrons. The van der Waals surface area contributed by atoms with Crippen LogP contribution in [0.2, 0.25) is 0 Å². The van der Waals surface area contributed by atoms with Crippen LogP contribution in [-0.2, 0) is 39.0 Å². The van der Waals surface area contributed by atoms with Gasteiger partial charge in [-0.1, -0.05) is 30.3 Å². The molecule has 2 amide bonds. The van der Waals surface area contributed by atoms with E-state index in [0.717, 1.165) is 45.0 Å². The lowest BCUT2D eigenvalue weighted by Gasteiger charge is -2.38. The summed E-state index contributed by atoms with van der Waals surface area (Å²) in [5.74, 6) is -1.26. The zero-order valence-electron chi connectivity index (χ0n) is 25.7. The maximum atomic E-state index is 13.7. The van der Waals surface area contributed by atoms with Gasteiger partial charge in [0.2, 0.25) is 15.9 Å². The van der Waals surface area contributed by atoms with Gasteiger partial charge in [0.25, 0.3) is 5.91 Å². The van der Waals surface area contributed by atoms with Gasteiger partial charge in [-0.25, -0.2) is 13.6 Å². The lowest BCUT2D eigenvalue weighted by molar-refractivity contribution is -0.126. The largest absolute Gasteiger partial charge is 0.361 e. The number of carbonyl (C=O) groups excluding carboxylic acids is 3. The number of aromatic amines is 1. The number of rotatable bonds is 8. The van der Waals surface area contributed by atoms with E-state index in [0.29, 0.717) is 31.5 Å². The van der Waals surface area contributed by atoms with Crippen LogP contribution in [0.25, 0.3) is 10.9 Å². The molecule has 11 nitrogen and oxygen atoms in total. The Morgan fingerprint density at radius 1 is 1.04 bits per heavy atom. The summed E-state index contributed by atoms with van der Waals surface area (Å²) < 4.78 is 23.8. The molecule has 6 rings (SSSR count). The minimum atomic E-state index is -3.86. The van der Waals surface area contributed by atoms with Gasteiger partial charge in [0.05, 0.1) is 28.4 Å². The highest BCUT2D eigenvalue weighted by Gasteiger charge is 2.38. The van der Waals surface area contributed by atoms with Crippen LogP contribution >= 0.6 is 0 Å². The van der Waals surface area contributed by atoms with Crippen molar-refractivity contribution >= 4 is 39.0 Å². The van der Waals surface area contributed by atoms with Crippen molar-refractivity contribution in [1.29, 1.82) is 0 Å². The summed E-state index contributed by atoms with van der Waals surface area (Å²) in [6, 6.07) is 16.9. The molecule has 46 heavy (non-hydrogen) atoms. The number of aromatic nitrogens is 1. The Labute approximate surface area is 267 Å². The predicted molar refractivity (Wildman–Crippen MR) is 174 cm³/mol. The normalized spacial score (nSPS) is 17.9. The van der Waals surface area contributed by atoms with Gasteiger partial charge in [0.1, 0.15) is 6.29 Å². The second-order valence-electron chi connectivity index (χ2n) is 12.7. The summed E-state index contributed by atoms with van der Waals surface area (Å²) in [6.07, 6.45) is 3.93. The number of primary sulfonamides is 1. The van der Waals surface area contributed by atoms with Crippen molar-refractivity contribution in [2.75, 3.05) is 13.1 Å². The van der Waals surface area contributed by atoms with Gasteiger partial charge in [-0.05, 0) is 91.4 Å². The van der Waals surface area contributed by atoms with Crippen molar-refractivity contribution in [2.24, 2.45) is 10.9 Å². The molecule has 0 fully saturated rings. The molecule has 0 spiro atoms. The lowest BCUT2D eigenvalue weighted by Crippen LogP contribution is -2.57. The third kappa shape index (κ3) is 6.08. The number of nitrogens with two attached hydrogens (primary N) is 2. The van der Waals surface area contributed by atoms with E-state index in [1.165, 1.54) is 6.07 Å². The molecule has 0 saturated carbocycles. The number of nitrogens with one attached hydrogen (secondary N) is 3. The first kappa shape index (κ1) is 31.6. The summed E-state index contributed by atoms with van der Waals surface area (Å²) in [7, 11) is -3.86. The molecular weight excluding hydrogens is 604 g/mol. The molecule has 3 atom stereocenters. The topological polar surface area (TPSA) is 180 Å². The van der Waals surface area contributed by atoms with Gasteiger partial charge in [0.15, 0.2) is 0 Å². The van der Waals surface area contributed by atoms with E-state index < -0.39 is 33.6 Å². The van der Waals surface area contributed by atoms with Gasteiger partial charge in [-0.2, -0.15) is 0 Å². The number of carbonyl (C=O) groups is 3. The SMILES string of the molecule is CC(C)(N)C(=O)NC(C(C=O)c1c[nH]c2ccccc12)C1NCCc2cc(C(=O)N3CCc4ccc(S(N)(=O)=O)cc4C3)ccc21. The second-order valence-corrected chi connectivity index (χ2v) is 14.3. The first-order valence-corrected chi connectivity index (χ1v) is 16.8. The Hall–Kier alpha value is -4.36. The molecular formula is C34H38N6O5S. The Morgan fingerprint density at radius 3 is 2.57 bits per heavy atom. The summed E-state index contributed by atoms with van der Waals surface area (Å²) in [5, 5.41) is 12.8. The Morgan fingerprint density at radius 2 is 1.83 bits per heavy atom. The molecule has 3 aromatic carbocycles. The molecule has 0 bridgehead atoms. The van der Waals surface area contributed by atoms with Crippen LogP contribution in [0.5, 0.6) is 0 Å².